The first kappa shape index (κ1) is 15.9. The van der Waals surface area contributed by atoms with E-state index in [0.29, 0.717) is 6.04 Å². The predicted octanol–water partition coefficient (Wildman–Crippen LogP) is 4.53. The zero-order chi connectivity index (χ0) is 16.2. The monoisotopic (exact) mass is 311 g/mol. The molecule has 3 rings (SSSR count). The molecular weight excluding hydrogens is 286 g/mol. The topological polar surface area (TPSA) is 21.7 Å². The van der Waals surface area contributed by atoms with Gasteiger partial charge in [-0.2, -0.15) is 0 Å². The first-order chi connectivity index (χ1) is 11.2. The summed E-state index contributed by atoms with van der Waals surface area (Å²) >= 11 is 0. The van der Waals surface area contributed by atoms with Crippen LogP contribution in [0.1, 0.15) is 31.4 Å². The molecule has 1 aliphatic rings. The van der Waals surface area contributed by atoms with Crippen LogP contribution < -0.4 is 9.47 Å². The average Bonchev–Trinajstić information content (AvgIpc) is 3.15. The van der Waals surface area contributed by atoms with Crippen molar-refractivity contribution in [2.45, 2.75) is 25.8 Å². The molecule has 1 aliphatic heterocycles. The molecular formula is C20H25NO2. The van der Waals surface area contributed by atoms with E-state index in [1.165, 1.54) is 37.1 Å². The first-order valence-electron chi connectivity index (χ1n) is 8.29. The molecule has 1 fully saturated rings. The Morgan fingerprint density at radius 3 is 2.43 bits per heavy atom. The number of rotatable bonds is 5. The number of methoxy groups -OCH3 is 2. The lowest BCUT2D eigenvalue weighted by atomic mass is 9.98. The van der Waals surface area contributed by atoms with Crippen LogP contribution in [-0.2, 0) is 0 Å². The van der Waals surface area contributed by atoms with Crippen LogP contribution in [0.5, 0.6) is 11.5 Å². The van der Waals surface area contributed by atoms with Gasteiger partial charge in [-0.3, -0.25) is 4.90 Å². The van der Waals surface area contributed by atoms with E-state index in [9.17, 15) is 0 Å². The summed E-state index contributed by atoms with van der Waals surface area (Å²) in [6.07, 6.45) is 2.63. The SMILES string of the molecule is COc1ccc(OC)c(-c2cccc(C(C)N3CCCC3)c2)c1. The van der Waals surface area contributed by atoms with Crippen LogP contribution in [0, 0.1) is 0 Å². The predicted molar refractivity (Wildman–Crippen MR) is 94.2 cm³/mol. The zero-order valence-corrected chi connectivity index (χ0v) is 14.2. The smallest absolute Gasteiger partial charge is 0.126 e. The van der Waals surface area contributed by atoms with Crippen LogP contribution in [0.15, 0.2) is 42.5 Å². The maximum Gasteiger partial charge on any atom is 0.126 e. The van der Waals surface area contributed by atoms with E-state index in [1.54, 1.807) is 14.2 Å². The second-order valence-electron chi connectivity index (χ2n) is 6.11. The van der Waals surface area contributed by atoms with Gasteiger partial charge in [-0.05, 0) is 68.2 Å². The summed E-state index contributed by atoms with van der Waals surface area (Å²) in [7, 11) is 3.40. The number of nitrogens with zero attached hydrogens (tertiary/aromatic N) is 1. The zero-order valence-electron chi connectivity index (χ0n) is 14.2. The summed E-state index contributed by atoms with van der Waals surface area (Å²) < 4.78 is 10.9. The third kappa shape index (κ3) is 3.35. The molecule has 0 aliphatic carbocycles. The van der Waals surface area contributed by atoms with E-state index in [1.807, 2.05) is 18.2 Å². The lowest BCUT2D eigenvalue weighted by Gasteiger charge is -2.24. The van der Waals surface area contributed by atoms with Gasteiger partial charge in [0, 0.05) is 11.6 Å². The van der Waals surface area contributed by atoms with Gasteiger partial charge in [0.1, 0.15) is 11.5 Å². The molecule has 1 atom stereocenters. The molecule has 1 saturated heterocycles. The fourth-order valence-corrected chi connectivity index (χ4v) is 3.35. The maximum atomic E-state index is 5.53. The van der Waals surface area contributed by atoms with Crippen molar-refractivity contribution in [1.82, 2.24) is 4.90 Å². The highest BCUT2D eigenvalue weighted by Gasteiger charge is 2.20. The standard InChI is InChI=1S/C20H25NO2/c1-15(21-11-4-5-12-21)16-7-6-8-17(13-16)19-14-18(22-2)9-10-20(19)23-3/h6-10,13-15H,4-5,11-12H2,1-3H3. The fourth-order valence-electron chi connectivity index (χ4n) is 3.35. The second kappa shape index (κ2) is 7.05. The van der Waals surface area contributed by atoms with Crippen molar-refractivity contribution >= 4 is 0 Å². The van der Waals surface area contributed by atoms with Crippen LogP contribution in [0.4, 0.5) is 0 Å². The first-order valence-corrected chi connectivity index (χ1v) is 8.29. The van der Waals surface area contributed by atoms with Crippen molar-refractivity contribution in [3.8, 4) is 22.6 Å². The molecule has 3 nitrogen and oxygen atoms in total. The van der Waals surface area contributed by atoms with Gasteiger partial charge in [0.05, 0.1) is 14.2 Å². The maximum absolute atomic E-state index is 5.53. The molecule has 0 N–H and O–H groups in total. The third-order valence-corrected chi connectivity index (χ3v) is 4.78. The van der Waals surface area contributed by atoms with Crippen molar-refractivity contribution in [3.63, 3.8) is 0 Å². The summed E-state index contributed by atoms with van der Waals surface area (Å²) in [6.45, 7) is 4.70. The molecule has 0 saturated carbocycles. The Hall–Kier alpha value is -2.00. The molecule has 2 aromatic rings. The van der Waals surface area contributed by atoms with Crippen LogP contribution in [0.3, 0.4) is 0 Å². The van der Waals surface area contributed by atoms with Gasteiger partial charge in [-0.1, -0.05) is 18.2 Å². The number of hydrogen-bond acceptors (Lipinski definition) is 3. The highest BCUT2D eigenvalue weighted by atomic mass is 16.5. The van der Waals surface area contributed by atoms with Crippen LogP contribution >= 0.6 is 0 Å². The van der Waals surface area contributed by atoms with E-state index in [0.717, 1.165) is 17.1 Å². The molecule has 0 bridgehead atoms. The minimum atomic E-state index is 0.453. The van der Waals surface area contributed by atoms with Gasteiger partial charge in [0.2, 0.25) is 0 Å². The second-order valence-corrected chi connectivity index (χ2v) is 6.11. The number of ether oxygens (including phenoxy) is 2. The minimum Gasteiger partial charge on any atom is -0.497 e. The average molecular weight is 311 g/mol. The molecule has 0 aromatic heterocycles. The van der Waals surface area contributed by atoms with E-state index in [4.69, 9.17) is 9.47 Å². The van der Waals surface area contributed by atoms with Crippen LogP contribution in [0.25, 0.3) is 11.1 Å². The largest absolute Gasteiger partial charge is 0.497 e. The lowest BCUT2D eigenvalue weighted by Crippen LogP contribution is -2.23. The van der Waals surface area contributed by atoms with Crippen molar-refractivity contribution in [2.24, 2.45) is 0 Å². The Morgan fingerprint density at radius 1 is 0.957 bits per heavy atom. The Bertz CT molecular complexity index is 662. The summed E-state index contributed by atoms with van der Waals surface area (Å²) in [5.41, 5.74) is 3.60. The lowest BCUT2D eigenvalue weighted by molar-refractivity contribution is 0.263. The minimum absolute atomic E-state index is 0.453. The number of hydrogen-bond donors (Lipinski definition) is 0. The van der Waals surface area contributed by atoms with E-state index < -0.39 is 0 Å². The van der Waals surface area contributed by atoms with Crippen molar-refractivity contribution in [1.29, 1.82) is 0 Å². The fraction of sp³-hybridized carbons (Fsp3) is 0.400. The van der Waals surface area contributed by atoms with Gasteiger partial charge < -0.3 is 9.47 Å². The van der Waals surface area contributed by atoms with Gasteiger partial charge in [0.15, 0.2) is 0 Å². The van der Waals surface area contributed by atoms with Crippen molar-refractivity contribution in [3.05, 3.63) is 48.0 Å². The molecule has 1 heterocycles. The van der Waals surface area contributed by atoms with Gasteiger partial charge in [-0.25, -0.2) is 0 Å². The summed E-state index contributed by atoms with van der Waals surface area (Å²) in [5, 5.41) is 0. The normalized spacial score (nSPS) is 16.3. The van der Waals surface area contributed by atoms with Crippen molar-refractivity contribution in [2.75, 3.05) is 27.3 Å². The summed E-state index contributed by atoms with van der Waals surface area (Å²) in [4.78, 5) is 2.56. The van der Waals surface area contributed by atoms with E-state index in [-0.39, 0.29) is 0 Å². The van der Waals surface area contributed by atoms with Gasteiger partial charge in [0.25, 0.3) is 0 Å². The quantitative estimate of drug-likeness (QED) is 0.810. The Labute approximate surface area is 138 Å². The summed E-state index contributed by atoms with van der Waals surface area (Å²) in [6, 6.07) is 15.2. The highest BCUT2D eigenvalue weighted by molar-refractivity contribution is 5.72. The van der Waals surface area contributed by atoms with E-state index in [2.05, 4.69) is 36.1 Å². The number of likely N-dealkylation sites (tertiary alicyclic amines) is 1. The molecule has 1 unspecified atom stereocenters. The number of benzene rings is 2. The van der Waals surface area contributed by atoms with Crippen LogP contribution in [0.2, 0.25) is 0 Å². The third-order valence-electron chi connectivity index (χ3n) is 4.78. The molecule has 2 aromatic carbocycles. The Kier molecular flexibility index (Phi) is 4.87. The summed E-state index contributed by atoms with van der Waals surface area (Å²) in [5.74, 6) is 1.72. The molecule has 23 heavy (non-hydrogen) atoms. The molecule has 122 valence electrons. The van der Waals surface area contributed by atoms with E-state index >= 15 is 0 Å². The molecule has 0 amide bonds. The molecule has 3 heteroatoms. The molecule has 0 radical (unpaired) electrons. The van der Waals surface area contributed by atoms with Crippen LogP contribution in [-0.4, -0.2) is 32.2 Å². The van der Waals surface area contributed by atoms with Gasteiger partial charge in [-0.15, -0.1) is 0 Å². The highest BCUT2D eigenvalue weighted by Crippen LogP contribution is 2.35. The van der Waals surface area contributed by atoms with Gasteiger partial charge >= 0.3 is 0 Å². The van der Waals surface area contributed by atoms with Crippen molar-refractivity contribution < 1.29 is 9.47 Å². The Morgan fingerprint density at radius 2 is 1.74 bits per heavy atom. The molecule has 0 spiro atoms. The Balaban J connectivity index is 1.96.